The van der Waals surface area contributed by atoms with Crippen molar-refractivity contribution in [1.82, 2.24) is 4.90 Å². The summed E-state index contributed by atoms with van der Waals surface area (Å²) in [6, 6.07) is 17.8. The Morgan fingerprint density at radius 1 is 1.30 bits per heavy atom. The van der Waals surface area contributed by atoms with Gasteiger partial charge in [-0.3, -0.25) is 9.69 Å². The Hall–Kier alpha value is -2.64. The van der Waals surface area contributed by atoms with E-state index in [0.717, 1.165) is 12.8 Å². The number of carbonyl (C=O) groups excluding carboxylic acids is 1. The summed E-state index contributed by atoms with van der Waals surface area (Å²) in [7, 11) is 1.98. The lowest BCUT2D eigenvalue weighted by atomic mass is 10.1. The maximum Gasteiger partial charge on any atom is 0.238 e. The van der Waals surface area contributed by atoms with Crippen LogP contribution >= 0.6 is 0 Å². The van der Waals surface area contributed by atoms with Crippen LogP contribution in [0.25, 0.3) is 0 Å². The highest BCUT2D eigenvalue weighted by Gasteiger charge is 2.26. The summed E-state index contributed by atoms with van der Waals surface area (Å²) in [5.41, 5.74) is 3.91. The molecule has 116 valence electrons. The standard InChI is InChI=1S/C19H19N3O/c1-22(18-10-9-15-6-2-3-8-17(15)18)13-19(23)21-16-7-4-5-14(11-16)12-20/h2-8,11,18H,9-10,13H2,1H3,(H,21,23)/t18-/m0/s1. The van der Waals surface area contributed by atoms with E-state index in [2.05, 4.69) is 40.6 Å². The van der Waals surface area contributed by atoms with Gasteiger partial charge in [0, 0.05) is 11.7 Å². The lowest BCUT2D eigenvalue weighted by Gasteiger charge is -2.24. The van der Waals surface area contributed by atoms with E-state index < -0.39 is 0 Å². The van der Waals surface area contributed by atoms with Crippen molar-refractivity contribution in [3.05, 3.63) is 65.2 Å². The molecule has 1 aliphatic carbocycles. The van der Waals surface area contributed by atoms with E-state index in [4.69, 9.17) is 5.26 Å². The molecule has 4 nitrogen and oxygen atoms in total. The minimum absolute atomic E-state index is 0.0630. The van der Waals surface area contributed by atoms with Gasteiger partial charge in [-0.15, -0.1) is 0 Å². The maximum atomic E-state index is 12.3. The number of benzene rings is 2. The SMILES string of the molecule is CN(CC(=O)Nc1cccc(C#N)c1)[C@H]1CCc2ccccc21. The molecule has 0 unspecified atom stereocenters. The lowest BCUT2D eigenvalue weighted by Crippen LogP contribution is -2.32. The van der Waals surface area contributed by atoms with Crippen LogP contribution in [0.2, 0.25) is 0 Å². The first-order valence-electron chi connectivity index (χ1n) is 7.75. The molecule has 3 rings (SSSR count). The monoisotopic (exact) mass is 305 g/mol. The average molecular weight is 305 g/mol. The second-order valence-electron chi connectivity index (χ2n) is 5.91. The van der Waals surface area contributed by atoms with Gasteiger partial charge in [0.1, 0.15) is 0 Å². The summed E-state index contributed by atoms with van der Waals surface area (Å²) < 4.78 is 0. The van der Waals surface area contributed by atoms with Crippen LogP contribution in [-0.2, 0) is 11.2 Å². The van der Waals surface area contributed by atoms with Gasteiger partial charge in [0.25, 0.3) is 0 Å². The molecule has 0 aromatic heterocycles. The van der Waals surface area contributed by atoms with Gasteiger partial charge in [0.15, 0.2) is 0 Å². The third kappa shape index (κ3) is 3.41. The molecule has 0 fully saturated rings. The minimum Gasteiger partial charge on any atom is -0.325 e. The third-order valence-electron chi connectivity index (χ3n) is 4.30. The highest BCUT2D eigenvalue weighted by molar-refractivity contribution is 5.92. The van der Waals surface area contributed by atoms with Crippen molar-refractivity contribution in [2.24, 2.45) is 0 Å². The molecule has 4 heteroatoms. The minimum atomic E-state index is -0.0630. The Balaban J connectivity index is 1.63. The van der Waals surface area contributed by atoms with Gasteiger partial charge in [0.2, 0.25) is 5.91 Å². The van der Waals surface area contributed by atoms with Gasteiger partial charge in [-0.25, -0.2) is 0 Å². The molecule has 23 heavy (non-hydrogen) atoms. The van der Waals surface area contributed by atoms with Crippen LogP contribution in [0.3, 0.4) is 0 Å². The number of hydrogen-bond donors (Lipinski definition) is 1. The van der Waals surface area contributed by atoms with Gasteiger partial charge in [-0.1, -0.05) is 30.3 Å². The first kappa shape index (κ1) is 15.3. The van der Waals surface area contributed by atoms with Crippen LogP contribution in [0.5, 0.6) is 0 Å². The molecule has 1 amide bonds. The summed E-state index contributed by atoms with van der Waals surface area (Å²) in [4.78, 5) is 14.3. The molecule has 1 N–H and O–H groups in total. The fourth-order valence-corrected chi connectivity index (χ4v) is 3.20. The third-order valence-corrected chi connectivity index (χ3v) is 4.30. The predicted molar refractivity (Wildman–Crippen MR) is 89.9 cm³/mol. The molecule has 2 aromatic rings. The molecular weight excluding hydrogens is 286 g/mol. The van der Waals surface area contributed by atoms with Crippen molar-refractivity contribution < 1.29 is 4.79 Å². The smallest absolute Gasteiger partial charge is 0.238 e. The number of carbonyl (C=O) groups is 1. The van der Waals surface area contributed by atoms with Gasteiger partial charge in [0.05, 0.1) is 18.2 Å². The van der Waals surface area contributed by atoms with Gasteiger partial charge < -0.3 is 5.32 Å². The number of likely N-dealkylation sites (N-methyl/N-ethyl adjacent to an activating group) is 1. The van der Waals surface area contributed by atoms with Crippen molar-refractivity contribution in [3.8, 4) is 6.07 Å². The van der Waals surface area contributed by atoms with E-state index in [1.165, 1.54) is 11.1 Å². The van der Waals surface area contributed by atoms with Crippen molar-refractivity contribution >= 4 is 11.6 Å². The van der Waals surface area contributed by atoms with E-state index in [0.29, 0.717) is 23.8 Å². The number of nitrogens with one attached hydrogen (secondary N) is 1. The van der Waals surface area contributed by atoms with Gasteiger partial charge >= 0.3 is 0 Å². The summed E-state index contributed by atoms with van der Waals surface area (Å²) in [6.45, 7) is 0.329. The molecule has 0 saturated carbocycles. The number of anilines is 1. The maximum absolute atomic E-state index is 12.3. The molecule has 1 atom stereocenters. The molecular formula is C19H19N3O. The van der Waals surface area contributed by atoms with Crippen LogP contribution in [0.15, 0.2) is 48.5 Å². The normalized spacial score (nSPS) is 16.0. The van der Waals surface area contributed by atoms with Crippen molar-refractivity contribution in [1.29, 1.82) is 5.26 Å². The summed E-state index contributed by atoms with van der Waals surface area (Å²) in [5, 5.41) is 11.8. The van der Waals surface area contributed by atoms with Gasteiger partial charge in [-0.2, -0.15) is 5.26 Å². The largest absolute Gasteiger partial charge is 0.325 e. The van der Waals surface area contributed by atoms with E-state index in [9.17, 15) is 4.79 Å². The van der Waals surface area contributed by atoms with Crippen molar-refractivity contribution in [3.63, 3.8) is 0 Å². The molecule has 0 saturated heterocycles. The van der Waals surface area contributed by atoms with Crippen molar-refractivity contribution in [2.75, 3.05) is 18.9 Å². The van der Waals surface area contributed by atoms with Crippen LogP contribution < -0.4 is 5.32 Å². The second kappa shape index (κ2) is 6.64. The molecule has 0 aliphatic heterocycles. The molecule has 1 aliphatic rings. The number of fused-ring (bicyclic) bond motifs is 1. The van der Waals surface area contributed by atoms with Crippen LogP contribution in [0.4, 0.5) is 5.69 Å². The summed E-state index contributed by atoms with van der Waals surface area (Å²) in [6.07, 6.45) is 2.12. The average Bonchev–Trinajstić information content (AvgIpc) is 2.99. The first-order chi connectivity index (χ1) is 11.2. The number of rotatable bonds is 4. The van der Waals surface area contributed by atoms with E-state index >= 15 is 0 Å². The van der Waals surface area contributed by atoms with Crippen LogP contribution in [-0.4, -0.2) is 24.4 Å². The number of nitrogens with zero attached hydrogens (tertiary/aromatic N) is 2. The molecule has 0 radical (unpaired) electrons. The Morgan fingerprint density at radius 2 is 2.13 bits per heavy atom. The van der Waals surface area contributed by atoms with E-state index in [-0.39, 0.29) is 5.91 Å². The molecule has 0 heterocycles. The second-order valence-corrected chi connectivity index (χ2v) is 5.91. The zero-order valence-corrected chi connectivity index (χ0v) is 13.1. The van der Waals surface area contributed by atoms with E-state index in [1.54, 1.807) is 24.3 Å². The predicted octanol–water partition coefficient (Wildman–Crippen LogP) is 3.12. The number of aryl methyl sites for hydroxylation is 1. The van der Waals surface area contributed by atoms with Crippen LogP contribution in [0.1, 0.15) is 29.2 Å². The topological polar surface area (TPSA) is 56.1 Å². The number of nitriles is 1. The molecule has 0 bridgehead atoms. The Morgan fingerprint density at radius 3 is 2.96 bits per heavy atom. The zero-order chi connectivity index (χ0) is 16.2. The molecule has 2 aromatic carbocycles. The number of hydrogen-bond acceptors (Lipinski definition) is 3. The molecule has 0 spiro atoms. The Labute approximate surface area is 136 Å². The number of amides is 1. The lowest BCUT2D eigenvalue weighted by molar-refractivity contribution is -0.117. The Bertz CT molecular complexity index is 763. The zero-order valence-electron chi connectivity index (χ0n) is 13.1. The quantitative estimate of drug-likeness (QED) is 0.944. The fraction of sp³-hybridized carbons (Fsp3) is 0.263. The van der Waals surface area contributed by atoms with Gasteiger partial charge in [-0.05, 0) is 49.2 Å². The highest BCUT2D eigenvalue weighted by Crippen LogP contribution is 2.34. The summed E-state index contributed by atoms with van der Waals surface area (Å²) in [5.74, 6) is -0.0630. The van der Waals surface area contributed by atoms with Crippen molar-refractivity contribution in [2.45, 2.75) is 18.9 Å². The fourth-order valence-electron chi connectivity index (χ4n) is 3.20. The Kier molecular flexibility index (Phi) is 4.40. The summed E-state index contributed by atoms with van der Waals surface area (Å²) >= 11 is 0. The first-order valence-corrected chi connectivity index (χ1v) is 7.75. The highest BCUT2D eigenvalue weighted by atomic mass is 16.2. The van der Waals surface area contributed by atoms with Crippen LogP contribution in [0, 0.1) is 11.3 Å². The van der Waals surface area contributed by atoms with E-state index in [1.807, 2.05) is 7.05 Å².